The van der Waals surface area contributed by atoms with Gasteiger partial charge in [0.1, 0.15) is 11.3 Å². The predicted octanol–water partition coefficient (Wildman–Crippen LogP) is 4.20. The fourth-order valence-electron chi connectivity index (χ4n) is 4.77. The zero-order chi connectivity index (χ0) is 20.5. The predicted molar refractivity (Wildman–Crippen MR) is 109 cm³/mol. The number of likely N-dealkylation sites (tertiary alicyclic amines) is 1. The third kappa shape index (κ3) is 3.63. The summed E-state index contributed by atoms with van der Waals surface area (Å²) in [4.78, 5) is 7.01. The zero-order valence-electron chi connectivity index (χ0n) is 17.4. The summed E-state index contributed by atoms with van der Waals surface area (Å²) >= 11 is 0. The number of hydrogen-bond donors (Lipinski definition) is 0. The Morgan fingerprint density at radius 1 is 1.10 bits per heavy atom. The van der Waals surface area contributed by atoms with Crippen LogP contribution in [0, 0.1) is 5.82 Å². The van der Waals surface area contributed by atoms with E-state index >= 15 is 0 Å². The van der Waals surface area contributed by atoms with Gasteiger partial charge in [-0.05, 0) is 51.3 Å². The third-order valence-corrected chi connectivity index (χ3v) is 6.39. The lowest BCUT2D eigenvalue weighted by atomic mass is 10.0. The lowest BCUT2D eigenvalue weighted by Gasteiger charge is -2.33. The molecule has 0 aliphatic carbocycles. The molecule has 3 aromatic rings. The van der Waals surface area contributed by atoms with Crippen molar-refractivity contribution in [3.05, 3.63) is 41.6 Å². The van der Waals surface area contributed by atoms with E-state index in [0.717, 1.165) is 75.6 Å². The van der Waals surface area contributed by atoms with Crippen LogP contribution in [0.1, 0.15) is 68.6 Å². The molecule has 2 aliphatic heterocycles. The van der Waals surface area contributed by atoms with Gasteiger partial charge in [-0.3, -0.25) is 4.90 Å². The van der Waals surface area contributed by atoms with Crippen molar-refractivity contribution < 1.29 is 13.5 Å². The minimum Gasteiger partial charge on any atom is -0.423 e. The molecule has 2 aliphatic rings. The van der Waals surface area contributed by atoms with E-state index in [1.165, 1.54) is 6.07 Å². The van der Waals surface area contributed by atoms with Crippen molar-refractivity contribution in [1.82, 2.24) is 24.6 Å². The summed E-state index contributed by atoms with van der Waals surface area (Å²) in [5, 5.41) is 8.79. The number of aromatic nitrogens is 4. The Labute approximate surface area is 175 Å². The maximum Gasteiger partial charge on any atom is 0.233 e. The van der Waals surface area contributed by atoms with Gasteiger partial charge in [-0.1, -0.05) is 12.5 Å². The lowest BCUT2D eigenvalue weighted by Crippen LogP contribution is -2.34. The molecule has 1 aromatic carbocycles. The molecule has 160 valence electrons. The van der Waals surface area contributed by atoms with E-state index in [2.05, 4.69) is 31.6 Å². The average molecular weight is 413 g/mol. The smallest absolute Gasteiger partial charge is 0.233 e. The lowest BCUT2D eigenvalue weighted by molar-refractivity contribution is 0.0765. The molecule has 0 saturated carbocycles. The van der Waals surface area contributed by atoms with Gasteiger partial charge >= 0.3 is 0 Å². The van der Waals surface area contributed by atoms with E-state index in [1.807, 2.05) is 6.07 Å². The first-order valence-corrected chi connectivity index (χ1v) is 11.0. The van der Waals surface area contributed by atoms with Gasteiger partial charge in [0.2, 0.25) is 11.8 Å². The van der Waals surface area contributed by atoms with Gasteiger partial charge in [0.15, 0.2) is 5.82 Å². The molecule has 0 spiro atoms. The van der Waals surface area contributed by atoms with E-state index in [1.54, 1.807) is 6.07 Å². The Bertz CT molecular complexity index is 1010. The molecule has 4 heterocycles. The molecule has 8 heteroatoms. The average Bonchev–Trinajstić information content (AvgIpc) is 3.40. The molecular weight excluding hydrogens is 385 g/mol. The maximum absolute atomic E-state index is 14.3. The number of halogens is 1. The van der Waals surface area contributed by atoms with Crippen LogP contribution in [0.5, 0.6) is 0 Å². The van der Waals surface area contributed by atoms with E-state index in [-0.39, 0.29) is 11.9 Å². The molecule has 0 amide bonds. The number of benzene rings is 1. The normalized spacial score (nSPS) is 21.5. The van der Waals surface area contributed by atoms with Crippen molar-refractivity contribution in [1.29, 1.82) is 0 Å². The SMILES string of the molecule is CCn1c(CN2CCCCC2c2nnc(C3CCOCC3)o2)nc2c(F)cccc21. The number of hydrogen-bond acceptors (Lipinski definition) is 6. The monoisotopic (exact) mass is 413 g/mol. The molecule has 7 nitrogen and oxygen atoms in total. The van der Waals surface area contributed by atoms with Gasteiger partial charge < -0.3 is 13.7 Å². The first-order chi connectivity index (χ1) is 14.7. The summed E-state index contributed by atoms with van der Waals surface area (Å²) in [5.41, 5.74) is 1.29. The molecular formula is C22H28FN5O2. The summed E-state index contributed by atoms with van der Waals surface area (Å²) in [6.07, 6.45) is 5.10. The van der Waals surface area contributed by atoms with Crippen molar-refractivity contribution in [2.24, 2.45) is 0 Å². The highest BCUT2D eigenvalue weighted by Crippen LogP contribution is 2.34. The van der Waals surface area contributed by atoms with Crippen LogP contribution in [0.15, 0.2) is 22.6 Å². The van der Waals surface area contributed by atoms with Crippen LogP contribution < -0.4 is 0 Å². The van der Waals surface area contributed by atoms with E-state index in [4.69, 9.17) is 9.15 Å². The molecule has 1 unspecified atom stereocenters. The van der Waals surface area contributed by atoms with Crippen LogP contribution in [0.2, 0.25) is 0 Å². The minimum atomic E-state index is -0.269. The molecule has 2 fully saturated rings. The van der Waals surface area contributed by atoms with E-state index < -0.39 is 0 Å². The fraction of sp³-hybridized carbons (Fsp3) is 0.591. The molecule has 30 heavy (non-hydrogen) atoms. The first-order valence-electron chi connectivity index (χ1n) is 11.0. The second-order valence-corrected chi connectivity index (χ2v) is 8.23. The third-order valence-electron chi connectivity index (χ3n) is 6.39. The summed E-state index contributed by atoms with van der Waals surface area (Å²) in [7, 11) is 0. The number of piperidine rings is 1. The summed E-state index contributed by atoms with van der Waals surface area (Å²) in [6, 6.07) is 5.23. The van der Waals surface area contributed by atoms with E-state index in [9.17, 15) is 4.39 Å². The Morgan fingerprint density at radius 2 is 1.93 bits per heavy atom. The maximum atomic E-state index is 14.3. The highest BCUT2D eigenvalue weighted by atomic mass is 19.1. The van der Waals surface area contributed by atoms with Crippen LogP contribution in [-0.2, 0) is 17.8 Å². The number of aryl methyl sites for hydroxylation is 1. The van der Waals surface area contributed by atoms with Crippen molar-refractivity contribution in [3.63, 3.8) is 0 Å². The van der Waals surface area contributed by atoms with Crippen molar-refractivity contribution in [2.75, 3.05) is 19.8 Å². The van der Waals surface area contributed by atoms with Crippen LogP contribution in [0.4, 0.5) is 4.39 Å². The summed E-state index contributed by atoms with van der Waals surface area (Å²) in [6.45, 7) is 5.91. The van der Waals surface area contributed by atoms with Crippen LogP contribution in [-0.4, -0.2) is 44.4 Å². The number of ether oxygens (including phenoxy) is 1. The van der Waals surface area contributed by atoms with Crippen LogP contribution in [0.3, 0.4) is 0 Å². The molecule has 2 aromatic heterocycles. The Balaban J connectivity index is 1.40. The summed E-state index contributed by atoms with van der Waals surface area (Å²) in [5.74, 6) is 2.34. The topological polar surface area (TPSA) is 69.2 Å². The van der Waals surface area contributed by atoms with Gasteiger partial charge in [0, 0.05) is 25.7 Å². The number of nitrogens with zero attached hydrogens (tertiary/aromatic N) is 5. The van der Waals surface area contributed by atoms with Gasteiger partial charge in [-0.25, -0.2) is 9.37 Å². The molecule has 1 atom stereocenters. The summed E-state index contributed by atoms with van der Waals surface area (Å²) < 4.78 is 28.0. The highest BCUT2D eigenvalue weighted by Gasteiger charge is 2.31. The second kappa shape index (κ2) is 8.43. The Hall–Kier alpha value is -2.32. The Kier molecular flexibility index (Phi) is 5.52. The van der Waals surface area contributed by atoms with Gasteiger partial charge in [0.05, 0.1) is 18.1 Å². The van der Waals surface area contributed by atoms with Gasteiger partial charge in [-0.2, -0.15) is 0 Å². The van der Waals surface area contributed by atoms with Crippen LogP contribution >= 0.6 is 0 Å². The first kappa shape index (κ1) is 19.6. The number of para-hydroxylation sites is 1. The molecule has 0 bridgehead atoms. The molecule has 2 saturated heterocycles. The van der Waals surface area contributed by atoms with Gasteiger partial charge in [0.25, 0.3) is 0 Å². The van der Waals surface area contributed by atoms with Crippen LogP contribution in [0.25, 0.3) is 11.0 Å². The molecule has 5 rings (SSSR count). The van der Waals surface area contributed by atoms with Gasteiger partial charge in [-0.15, -0.1) is 10.2 Å². The second-order valence-electron chi connectivity index (χ2n) is 8.23. The Morgan fingerprint density at radius 3 is 2.77 bits per heavy atom. The van der Waals surface area contributed by atoms with Crippen molar-refractivity contribution >= 4 is 11.0 Å². The minimum absolute atomic E-state index is 0.0785. The largest absolute Gasteiger partial charge is 0.423 e. The quantitative estimate of drug-likeness (QED) is 0.624. The number of fused-ring (bicyclic) bond motifs is 1. The van der Waals surface area contributed by atoms with Crippen molar-refractivity contribution in [3.8, 4) is 0 Å². The van der Waals surface area contributed by atoms with Crippen molar-refractivity contribution in [2.45, 2.75) is 64.1 Å². The number of rotatable bonds is 5. The number of imidazole rings is 1. The zero-order valence-corrected chi connectivity index (χ0v) is 17.4. The fourth-order valence-corrected chi connectivity index (χ4v) is 4.77. The highest BCUT2D eigenvalue weighted by molar-refractivity contribution is 5.76. The molecule has 0 radical (unpaired) electrons. The van der Waals surface area contributed by atoms with E-state index in [0.29, 0.717) is 23.9 Å². The molecule has 0 N–H and O–H groups in total. The standard InChI is InChI=1S/C22H28FN5O2/c1-2-28-17-8-5-6-16(23)20(17)24-19(28)14-27-11-4-3-7-18(27)22-26-25-21(30-22)15-9-12-29-13-10-15/h5-6,8,15,18H,2-4,7,9-14H2,1H3.